The van der Waals surface area contributed by atoms with E-state index < -0.39 is 8.97 Å². The number of aliphatic imine (C=N–C) groups is 1. The van der Waals surface area contributed by atoms with Crippen molar-refractivity contribution in [3.05, 3.63) is 117 Å². The quantitative estimate of drug-likeness (QED) is 0.105. The number of benzene rings is 2. The first-order chi connectivity index (χ1) is 17.5. The van der Waals surface area contributed by atoms with Crippen LogP contribution < -0.4 is 5.43 Å². The fourth-order valence-corrected chi connectivity index (χ4v) is 4.74. The van der Waals surface area contributed by atoms with Gasteiger partial charge in [0.05, 0.1) is 16.2 Å². The van der Waals surface area contributed by atoms with Crippen LogP contribution in [0, 0.1) is 10.1 Å². The highest BCUT2D eigenvalue weighted by Crippen LogP contribution is 2.40. The molecule has 10 nitrogen and oxygen atoms in total. The Morgan fingerprint density at radius 2 is 1.94 bits per heavy atom. The number of fused-ring (bicyclic) bond motifs is 1. The van der Waals surface area contributed by atoms with Crippen LogP contribution >= 0.6 is 22.6 Å². The highest BCUT2D eigenvalue weighted by Gasteiger charge is 2.34. The summed E-state index contributed by atoms with van der Waals surface area (Å²) in [7, 11) is 0. The molecule has 4 aromatic rings. The molecule has 36 heavy (non-hydrogen) atoms. The number of amidine groups is 1. The van der Waals surface area contributed by atoms with Crippen molar-refractivity contribution in [3.8, 4) is 0 Å². The summed E-state index contributed by atoms with van der Waals surface area (Å²) >= 11 is 2.18. The summed E-state index contributed by atoms with van der Waals surface area (Å²) in [5.74, 6) is -0.00335. The van der Waals surface area contributed by atoms with Crippen molar-refractivity contribution in [3.63, 3.8) is 0 Å². The van der Waals surface area contributed by atoms with E-state index in [4.69, 9.17) is 4.99 Å². The number of nitrogens with zero attached hydrogens (tertiary/aromatic N) is 5. The smallest absolute Gasteiger partial charge is 0.271 e. The lowest BCUT2D eigenvalue weighted by molar-refractivity contribution is -0.384. The number of non-ortho nitro benzene ring substituents is 1. The highest BCUT2D eigenvalue weighted by molar-refractivity contribution is 14.1. The molecular formula is C25H20IN7O3. The monoisotopic (exact) mass is 593 g/mol. The number of nitro groups is 1. The Morgan fingerprint density at radius 3 is 2.69 bits per heavy atom. The Hall–Kier alpha value is -4.13. The molecule has 0 saturated heterocycles. The van der Waals surface area contributed by atoms with E-state index in [0.29, 0.717) is 34.8 Å². The van der Waals surface area contributed by atoms with E-state index in [1.165, 1.54) is 23.9 Å². The van der Waals surface area contributed by atoms with Gasteiger partial charge < -0.3 is 0 Å². The molecule has 1 aliphatic rings. The molecular weight excluding hydrogens is 573 g/mol. The SMILES string of the molecule is O=C(NN1C(c2cccc([N+](=O)[O-])c2)=Nc2c(n[nH]c2CCc2ccccc2)C1I)c1cccnc1. The Labute approximate surface area is 219 Å². The van der Waals surface area contributed by atoms with Crippen LogP contribution in [0.4, 0.5) is 11.4 Å². The maximum Gasteiger partial charge on any atom is 0.271 e. The van der Waals surface area contributed by atoms with E-state index in [1.54, 1.807) is 35.5 Å². The summed E-state index contributed by atoms with van der Waals surface area (Å²) < 4.78 is -0.424. The number of nitrogens with one attached hydrogen (secondary N) is 2. The number of hydrogen-bond donors (Lipinski definition) is 2. The third-order valence-corrected chi connectivity index (χ3v) is 6.85. The number of halogens is 1. The maximum atomic E-state index is 13.0. The average Bonchev–Trinajstić information content (AvgIpc) is 3.33. The van der Waals surface area contributed by atoms with Crippen LogP contribution in [-0.2, 0) is 12.8 Å². The van der Waals surface area contributed by atoms with E-state index in [-0.39, 0.29) is 11.6 Å². The van der Waals surface area contributed by atoms with Crippen LogP contribution in [0.2, 0.25) is 0 Å². The fraction of sp³-hybridized carbons (Fsp3) is 0.120. The second kappa shape index (κ2) is 10.2. The number of carbonyl (C=O) groups is 1. The zero-order valence-electron chi connectivity index (χ0n) is 18.8. The summed E-state index contributed by atoms with van der Waals surface area (Å²) in [6.07, 6.45) is 4.53. The van der Waals surface area contributed by atoms with Crippen molar-refractivity contribution in [2.75, 3.05) is 0 Å². The van der Waals surface area contributed by atoms with Gasteiger partial charge in [0.25, 0.3) is 11.6 Å². The summed E-state index contributed by atoms with van der Waals surface area (Å²) in [5.41, 5.74) is 7.08. The number of rotatable bonds is 7. The van der Waals surface area contributed by atoms with Crippen LogP contribution in [0.25, 0.3) is 0 Å². The Kier molecular flexibility index (Phi) is 6.71. The van der Waals surface area contributed by atoms with E-state index in [0.717, 1.165) is 12.1 Å². The van der Waals surface area contributed by atoms with Crippen LogP contribution in [0.15, 0.2) is 84.1 Å². The number of aromatic amines is 1. The molecule has 1 atom stereocenters. The first-order valence-electron chi connectivity index (χ1n) is 11.1. The number of H-pyrrole nitrogens is 1. The molecule has 5 rings (SSSR count). The van der Waals surface area contributed by atoms with Crippen LogP contribution in [0.3, 0.4) is 0 Å². The molecule has 0 bridgehead atoms. The summed E-state index contributed by atoms with van der Waals surface area (Å²) in [4.78, 5) is 32.8. The van der Waals surface area contributed by atoms with Gasteiger partial charge in [0.1, 0.15) is 15.4 Å². The van der Waals surface area contributed by atoms with E-state index in [1.807, 2.05) is 18.2 Å². The zero-order valence-corrected chi connectivity index (χ0v) is 21.0. The Balaban J connectivity index is 1.53. The van der Waals surface area contributed by atoms with Gasteiger partial charge in [-0.2, -0.15) is 5.10 Å². The number of aryl methyl sites for hydroxylation is 2. The number of hydrogen-bond acceptors (Lipinski definition) is 7. The minimum atomic E-state index is -0.457. The number of carbonyl (C=O) groups excluding carboxylic acids is 1. The van der Waals surface area contributed by atoms with Gasteiger partial charge >= 0.3 is 0 Å². The molecule has 1 unspecified atom stereocenters. The predicted octanol–water partition coefficient (Wildman–Crippen LogP) is 4.67. The van der Waals surface area contributed by atoms with Gasteiger partial charge in [-0.25, -0.2) is 10.0 Å². The molecule has 180 valence electrons. The summed E-state index contributed by atoms with van der Waals surface area (Å²) in [6, 6.07) is 19.6. The lowest BCUT2D eigenvalue weighted by Gasteiger charge is -2.33. The number of nitro benzene ring substituents is 1. The van der Waals surface area contributed by atoms with Gasteiger partial charge in [0.15, 0.2) is 5.84 Å². The van der Waals surface area contributed by atoms with Crippen LogP contribution in [-0.4, -0.2) is 36.9 Å². The molecule has 0 aliphatic carbocycles. The molecule has 11 heteroatoms. The van der Waals surface area contributed by atoms with Gasteiger partial charge in [-0.1, -0.05) is 42.5 Å². The Morgan fingerprint density at radius 1 is 1.11 bits per heavy atom. The van der Waals surface area contributed by atoms with E-state index in [9.17, 15) is 14.9 Å². The third kappa shape index (κ3) is 4.82. The molecule has 0 saturated carbocycles. The van der Waals surface area contributed by atoms with Gasteiger partial charge in [-0.3, -0.25) is 30.4 Å². The van der Waals surface area contributed by atoms with E-state index in [2.05, 4.69) is 55.3 Å². The summed E-state index contributed by atoms with van der Waals surface area (Å²) in [6.45, 7) is 0. The molecule has 2 aromatic carbocycles. The average molecular weight is 593 g/mol. The second-order valence-electron chi connectivity index (χ2n) is 8.05. The number of alkyl halides is 1. The number of pyridine rings is 1. The molecule has 1 aliphatic heterocycles. The van der Waals surface area contributed by atoms with Crippen molar-refractivity contribution < 1.29 is 9.72 Å². The molecule has 3 heterocycles. The van der Waals surface area contributed by atoms with Crippen molar-refractivity contribution in [1.29, 1.82) is 0 Å². The number of amides is 1. The van der Waals surface area contributed by atoms with Gasteiger partial charge in [-0.05, 0) is 53.1 Å². The standard InChI is InChI=1S/C25H20IN7O3/c26-23-22-21(20(29-30-22)12-11-16-6-2-1-3-7-16)28-24(17-8-4-10-19(14-17)33(35)36)32(23)31-25(34)18-9-5-13-27-15-18/h1-10,13-15,23H,11-12H2,(H,29,30)(H,31,34). The van der Waals surface area contributed by atoms with Crippen molar-refractivity contribution in [1.82, 2.24) is 25.6 Å². The van der Waals surface area contributed by atoms with Gasteiger partial charge in [0.2, 0.25) is 0 Å². The van der Waals surface area contributed by atoms with Gasteiger partial charge in [-0.15, -0.1) is 0 Å². The zero-order chi connectivity index (χ0) is 25.1. The van der Waals surface area contributed by atoms with Crippen LogP contribution in [0.1, 0.15) is 36.9 Å². The van der Waals surface area contributed by atoms with Crippen molar-refractivity contribution in [2.45, 2.75) is 16.9 Å². The first-order valence-corrected chi connectivity index (χ1v) is 12.3. The molecule has 0 spiro atoms. The van der Waals surface area contributed by atoms with Crippen LogP contribution in [0.5, 0.6) is 0 Å². The van der Waals surface area contributed by atoms with Crippen molar-refractivity contribution >= 4 is 45.7 Å². The molecule has 0 radical (unpaired) electrons. The molecule has 2 N–H and O–H groups in total. The van der Waals surface area contributed by atoms with E-state index >= 15 is 0 Å². The first kappa shape index (κ1) is 23.6. The minimum absolute atomic E-state index is 0.0685. The normalized spacial score (nSPS) is 14.6. The molecule has 2 aromatic heterocycles. The van der Waals surface area contributed by atoms with Crippen molar-refractivity contribution in [2.24, 2.45) is 4.99 Å². The topological polar surface area (TPSA) is 129 Å². The highest BCUT2D eigenvalue weighted by atomic mass is 127. The Bertz CT molecular complexity index is 1440. The summed E-state index contributed by atoms with van der Waals surface area (Å²) in [5, 5.41) is 20.6. The minimum Gasteiger partial charge on any atom is -0.280 e. The lowest BCUT2D eigenvalue weighted by atomic mass is 10.1. The molecule has 0 fully saturated rings. The fourth-order valence-electron chi connectivity index (χ4n) is 3.90. The number of hydrazine groups is 1. The predicted molar refractivity (Wildman–Crippen MR) is 142 cm³/mol. The maximum absolute atomic E-state index is 13.0. The number of aromatic nitrogens is 3. The second-order valence-corrected chi connectivity index (χ2v) is 9.23. The van der Waals surface area contributed by atoms with Gasteiger partial charge in [0, 0.05) is 30.1 Å². The largest absolute Gasteiger partial charge is 0.280 e. The third-order valence-electron chi connectivity index (χ3n) is 5.71. The molecule has 1 amide bonds. The lowest BCUT2D eigenvalue weighted by Crippen LogP contribution is -2.48.